The molecule has 1 unspecified atom stereocenters. The highest BCUT2D eigenvalue weighted by Gasteiger charge is 2.15. The molecule has 0 fully saturated rings. The van der Waals surface area contributed by atoms with E-state index in [1.165, 1.54) is 7.11 Å². The molecule has 112 valence electrons. The fraction of sp³-hybridized carbons (Fsp3) is 0.417. The highest BCUT2D eigenvalue weighted by atomic mass is 32.2. The number of para-hydroxylation sites is 2. The zero-order chi connectivity index (χ0) is 15.2. The van der Waals surface area contributed by atoms with Crippen LogP contribution < -0.4 is 15.8 Å². The second-order valence-corrected chi connectivity index (χ2v) is 6.05. The van der Waals surface area contributed by atoms with Crippen molar-refractivity contribution in [2.24, 2.45) is 5.73 Å². The van der Waals surface area contributed by atoms with Crippen molar-refractivity contribution in [2.45, 2.75) is 12.5 Å². The van der Waals surface area contributed by atoms with Gasteiger partial charge in [-0.3, -0.25) is 9.52 Å². The lowest BCUT2D eigenvalue weighted by molar-refractivity contribution is -0.117. The molecule has 1 atom stereocenters. The van der Waals surface area contributed by atoms with Crippen molar-refractivity contribution in [3.8, 4) is 0 Å². The fourth-order valence-corrected chi connectivity index (χ4v) is 2.06. The van der Waals surface area contributed by atoms with E-state index >= 15 is 0 Å². The normalized spacial score (nSPS) is 12.8. The van der Waals surface area contributed by atoms with Crippen LogP contribution in [0.1, 0.15) is 6.42 Å². The number of carbonyl (C=O) groups excluding carboxylic acids is 1. The van der Waals surface area contributed by atoms with Gasteiger partial charge in [-0.2, -0.15) is 0 Å². The van der Waals surface area contributed by atoms with Crippen molar-refractivity contribution in [1.29, 1.82) is 0 Å². The molecule has 20 heavy (non-hydrogen) atoms. The molecule has 0 aliphatic rings. The predicted molar refractivity (Wildman–Crippen MR) is 78.0 cm³/mol. The number of hydrogen-bond acceptors (Lipinski definition) is 5. The molecular weight excluding hydrogens is 282 g/mol. The van der Waals surface area contributed by atoms with Gasteiger partial charge in [-0.05, 0) is 18.6 Å². The van der Waals surface area contributed by atoms with Crippen LogP contribution in [0.5, 0.6) is 0 Å². The molecule has 0 bridgehead atoms. The minimum atomic E-state index is -3.42. The second kappa shape index (κ2) is 7.22. The van der Waals surface area contributed by atoms with E-state index in [1.807, 2.05) is 0 Å². The molecule has 1 aromatic carbocycles. The molecule has 1 rings (SSSR count). The van der Waals surface area contributed by atoms with Crippen molar-refractivity contribution < 1.29 is 17.9 Å². The van der Waals surface area contributed by atoms with Crippen LogP contribution in [-0.4, -0.2) is 40.3 Å². The Morgan fingerprint density at radius 2 is 1.95 bits per heavy atom. The lowest BCUT2D eigenvalue weighted by Gasteiger charge is -2.15. The maximum atomic E-state index is 11.9. The van der Waals surface area contributed by atoms with Gasteiger partial charge in [0.15, 0.2) is 0 Å². The molecule has 0 saturated heterocycles. The summed E-state index contributed by atoms with van der Waals surface area (Å²) >= 11 is 0. The highest BCUT2D eigenvalue weighted by molar-refractivity contribution is 7.92. The number of nitrogens with one attached hydrogen (secondary N) is 2. The zero-order valence-corrected chi connectivity index (χ0v) is 12.2. The summed E-state index contributed by atoms with van der Waals surface area (Å²) in [5, 5.41) is 2.60. The summed E-state index contributed by atoms with van der Waals surface area (Å²) in [5.74, 6) is -0.398. The van der Waals surface area contributed by atoms with Crippen LogP contribution in [0.15, 0.2) is 24.3 Å². The molecule has 0 radical (unpaired) electrons. The number of ether oxygens (including phenoxy) is 1. The molecule has 0 aliphatic heterocycles. The number of sulfonamides is 1. The first kappa shape index (κ1) is 16.4. The summed E-state index contributed by atoms with van der Waals surface area (Å²) in [6, 6.07) is 5.77. The third-order valence-electron chi connectivity index (χ3n) is 2.45. The smallest absolute Gasteiger partial charge is 0.241 e. The van der Waals surface area contributed by atoms with Gasteiger partial charge in [0.25, 0.3) is 0 Å². The number of carbonyl (C=O) groups is 1. The van der Waals surface area contributed by atoms with Gasteiger partial charge in [0.1, 0.15) is 0 Å². The van der Waals surface area contributed by atoms with Crippen molar-refractivity contribution in [1.82, 2.24) is 0 Å². The number of anilines is 2. The maximum absolute atomic E-state index is 11.9. The van der Waals surface area contributed by atoms with E-state index in [0.29, 0.717) is 24.4 Å². The fourth-order valence-electron chi connectivity index (χ4n) is 1.48. The summed E-state index contributed by atoms with van der Waals surface area (Å²) < 4.78 is 29.7. The Morgan fingerprint density at radius 3 is 2.50 bits per heavy atom. The standard InChI is InChI=1S/C12H19N3O4S/c1-19-8-7-9(13)12(16)14-10-5-3-4-6-11(10)15-20(2,17)18/h3-6,9,15H,7-8,13H2,1-2H3,(H,14,16). The van der Waals surface area contributed by atoms with Gasteiger partial charge in [-0.25, -0.2) is 8.42 Å². The Kier molecular flexibility index (Phi) is 5.93. The van der Waals surface area contributed by atoms with Gasteiger partial charge in [-0.15, -0.1) is 0 Å². The number of rotatable bonds is 7. The average molecular weight is 301 g/mol. The Labute approximate surface area is 118 Å². The molecular formula is C12H19N3O4S. The zero-order valence-electron chi connectivity index (χ0n) is 11.4. The third kappa shape index (κ3) is 5.55. The van der Waals surface area contributed by atoms with Crippen molar-refractivity contribution in [3.05, 3.63) is 24.3 Å². The first-order chi connectivity index (χ1) is 9.33. The predicted octanol–water partition coefficient (Wildman–Crippen LogP) is 0.360. The van der Waals surface area contributed by atoms with Crippen LogP contribution in [0, 0.1) is 0 Å². The molecule has 4 N–H and O–H groups in total. The van der Waals surface area contributed by atoms with Crippen LogP contribution in [0.3, 0.4) is 0 Å². The van der Waals surface area contributed by atoms with Crippen LogP contribution >= 0.6 is 0 Å². The Hall–Kier alpha value is -1.64. The summed E-state index contributed by atoms with van der Waals surface area (Å²) in [4.78, 5) is 11.9. The first-order valence-corrected chi connectivity index (χ1v) is 7.85. The van der Waals surface area contributed by atoms with Gasteiger partial charge in [0.05, 0.1) is 23.7 Å². The largest absolute Gasteiger partial charge is 0.385 e. The SMILES string of the molecule is COCCC(N)C(=O)Nc1ccccc1NS(C)(=O)=O. The number of methoxy groups -OCH3 is 1. The van der Waals surface area contributed by atoms with Gasteiger partial charge in [-0.1, -0.05) is 12.1 Å². The number of amides is 1. The monoisotopic (exact) mass is 301 g/mol. The minimum Gasteiger partial charge on any atom is -0.385 e. The summed E-state index contributed by atoms with van der Waals surface area (Å²) in [5.41, 5.74) is 6.35. The minimum absolute atomic E-state index is 0.294. The lowest BCUT2D eigenvalue weighted by Crippen LogP contribution is -2.36. The van der Waals surface area contributed by atoms with E-state index in [0.717, 1.165) is 6.26 Å². The molecule has 1 amide bonds. The molecule has 0 aliphatic carbocycles. The average Bonchev–Trinajstić information content (AvgIpc) is 2.36. The Morgan fingerprint density at radius 1 is 1.35 bits per heavy atom. The van der Waals surface area contributed by atoms with E-state index in [4.69, 9.17) is 10.5 Å². The van der Waals surface area contributed by atoms with Gasteiger partial charge >= 0.3 is 0 Å². The second-order valence-electron chi connectivity index (χ2n) is 4.30. The molecule has 7 nitrogen and oxygen atoms in total. The number of benzene rings is 1. The van der Waals surface area contributed by atoms with E-state index in [1.54, 1.807) is 24.3 Å². The summed E-state index contributed by atoms with van der Waals surface area (Å²) in [6.45, 7) is 0.373. The molecule has 0 spiro atoms. The molecule has 8 heteroatoms. The summed E-state index contributed by atoms with van der Waals surface area (Å²) in [7, 11) is -1.90. The Balaban J connectivity index is 2.79. The van der Waals surface area contributed by atoms with Gasteiger partial charge in [0, 0.05) is 13.7 Å². The van der Waals surface area contributed by atoms with E-state index in [9.17, 15) is 13.2 Å². The third-order valence-corrected chi connectivity index (χ3v) is 3.04. The molecule has 0 heterocycles. The molecule has 0 saturated carbocycles. The quantitative estimate of drug-likeness (QED) is 0.673. The van der Waals surface area contributed by atoms with Crippen LogP contribution in [-0.2, 0) is 19.6 Å². The topological polar surface area (TPSA) is 111 Å². The van der Waals surface area contributed by atoms with Crippen molar-refractivity contribution in [2.75, 3.05) is 30.0 Å². The van der Waals surface area contributed by atoms with E-state index in [-0.39, 0.29) is 0 Å². The van der Waals surface area contributed by atoms with Gasteiger partial charge in [0.2, 0.25) is 15.9 Å². The Bertz CT molecular complexity index is 560. The van der Waals surface area contributed by atoms with Crippen LogP contribution in [0.4, 0.5) is 11.4 Å². The number of hydrogen-bond donors (Lipinski definition) is 3. The maximum Gasteiger partial charge on any atom is 0.241 e. The van der Waals surface area contributed by atoms with Gasteiger partial charge < -0.3 is 15.8 Å². The van der Waals surface area contributed by atoms with E-state index < -0.39 is 22.0 Å². The number of nitrogens with two attached hydrogens (primary N) is 1. The molecule has 0 aromatic heterocycles. The van der Waals surface area contributed by atoms with E-state index in [2.05, 4.69) is 10.0 Å². The van der Waals surface area contributed by atoms with Crippen LogP contribution in [0.2, 0.25) is 0 Å². The lowest BCUT2D eigenvalue weighted by atomic mass is 10.2. The van der Waals surface area contributed by atoms with Crippen LogP contribution in [0.25, 0.3) is 0 Å². The highest BCUT2D eigenvalue weighted by Crippen LogP contribution is 2.22. The molecule has 1 aromatic rings. The summed E-state index contributed by atoms with van der Waals surface area (Å²) in [6.07, 6.45) is 1.42. The first-order valence-electron chi connectivity index (χ1n) is 5.95. The van der Waals surface area contributed by atoms with Crippen molar-refractivity contribution >= 4 is 27.3 Å². The van der Waals surface area contributed by atoms with Crippen molar-refractivity contribution in [3.63, 3.8) is 0 Å².